The molecule has 0 aromatic heterocycles. The van der Waals surface area contributed by atoms with Crippen molar-refractivity contribution in [2.45, 2.75) is 51.9 Å². The van der Waals surface area contributed by atoms with Gasteiger partial charge in [0.05, 0.1) is 19.8 Å². The van der Waals surface area contributed by atoms with Crippen molar-refractivity contribution < 1.29 is 18.7 Å². The largest absolute Gasteiger partial charge is 0.497 e. The number of amides is 2. The first-order valence-corrected chi connectivity index (χ1v) is 11.2. The Morgan fingerprint density at radius 1 is 1.16 bits per heavy atom. The second-order valence-electron chi connectivity index (χ2n) is 8.59. The molecule has 7 heteroatoms. The minimum Gasteiger partial charge on any atom is -0.497 e. The number of urea groups is 1. The normalized spacial score (nSPS) is 14.9. The molecule has 1 aliphatic rings. The molecule has 2 aromatic carbocycles. The van der Waals surface area contributed by atoms with Crippen molar-refractivity contribution >= 4 is 6.03 Å². The lowest BCUT2D eigenvalue weighted by Gasteiger charge is -2.37. The molecule has 0 radical (unpaired) electrons. The van der Waals surface area contributed by atoms with Crippen LogP contribution in [0, 0.1) is 5.82 Å². The molecule has 0 aliphatic carbocycles. The number of ether oxygens (including phenoxy) is 2. The van der Waals surface area contributed by atoms with E-state index in [4.69, 9.17) is 9.47 Å². The Morgan fingerprint density at radius 2 is 1.81 bits per heavy atom. The van der Waals surface area contributed by atoms with E-state index in [1.165, 1.54) is 13.2 Å². The maximum atomic E-state index is 14.6. The standard InChI is InChI=1S/C25H34FN3O3/c1-18(2)32-22-8-5-19(6-9-22)16-27-25(30)29(21-11-13-28(3)14-12-21)17-20-7-10-23(31-4)15-24(20)26/h5-10,15,18,21H,11-14,16-17H2,1-4H3,(H,27,30). The average molecular weight is 444 g/mol. The predicted molar refractivity (Wildman–Crippen MR) is 123 cm³/mol. The van der Waals surface area contributed by atoms with Crippen molar-refractivity contribution in [3.8, 4) is 11.5 Å². The van der Waals surface area contributed by atoms with E-state index in [2.05, 4.69) is 17.3 Å². The Balaban J connectivity index is 1.69. The zero-order valence-corrected chi connectivity index (χ0v) is 19.4. The molecule has 32 heavy (non-hydrogen) atoms. The first-order chi connectivity index (χ1) is 15.4. The van der Waals surface area contributed by atoms with Crippen molar-refractivity contribution in [3.63, 3.8) is 0 Å². The molecule has 0 bridgehead atoms. The van der Waals surface area contributed by atoms with Gasteiger partial charge in [-0.15, -0.1) is 0 Å². The number of nitrogens with one attached hydrogen (secondary N) is 1. The van der Waals surface area contributed by atoms with Crippen LogP contribution in [0.1, 0.15) is 37.8 Å². The van der Waals surface area contributed by atoms with Crippen LogP contribution in [0.5, 0.6) is 11.5 Å². The fraction of sp³-hybridized carbons (Fsp3) is 0.480. The summed E-state index contributed by atoms with van der Waals surface area (Å²) in [5.74, 6) is 0.903. The summed E-state index contributed by atoms with van der Waals surface area (Å²) in [6.07, 6.45) is 1.84. The van der Waals surface area contributed by atoms with Crippen molar-refractivity contribution in [1.82, 2.24) is 15.1 Å². The van der Waals surface area contributed by atoms with Gasteiger partial charge in [0, 0.05) is 24.2 Å². The topological polar surface area (TPSA) is 54.0 Å². The van der Waals surface area contributed by atoms with Crippen molar-refractivity contribution in [1.29, 1.82) is 0 Å². The molecule has 0 saturated carbocycles. The molecule has 1 N–H and O–H groups in total. The number of carbonyl (C=O) groups is 1. The Kier molecular flexibility index (Phi) is 8.33. The number of rotatable bonds is 8. The molecule has 6 nitrogen and oxygen atoms in total. The van der Waals surface area contributed by atoms with Crippen LogP contribution in [-0.2, 0) is 13.1 Å². The van der Waals surface area contributed by atoms with Gasteiger partial charge in [-0.25, -0.2) is 9.18 Å². The second-order valence-corrected chi connectivity index (χ2v) is 8.59. The van der Waals surface area contributed by atoms with Crippen molar-refractivity contribution in [2.24, 2.45) is 0 Å². The lowest BCUT2D eigenvalue weighted by atomic mass is 10.0. The predicted octanol–water partition coefficient (Wildman–Crippen LogP) is 4.43. The third kappa shape index (κ3) is 6.60. The number of hydrogen-bond donors (Lipinski definition) is 1. The van der Waals surface area contributed by atoms with Gasteiger partial charge >= 0.3 is 6.03 Å². The molecule has 0 unspecified atom stereocenters. The summed E-state index contributed by atoms with van der Waals surface area (Å²) in [4.78, 5) is 17.2. The number of benzene rings is 2. The van der Waals surface area contributed by atoms with E-state index < -0.39 is 0 Å². The number of hydrogen-bond acceptors (Lipinski definition) is 4. The molecule has 174 valence electrons. The number of piperidine rings is 1. The monoisotopic (exact) mass is 443 g/mol. The van der Waals surface area contributed by atoms with Gasteiger partial charge < -0.3 is 24.6 Å². The van der Waals surface area contributed by atoms with Crippen molar-refractivity contribution in [3.05, 3.63) is 59.4 Å². The summed E-state index contributed by atoms with van der Waals surface area (Å²) in [7, 11) is 3.59. The third-order valence-electron chi connectivity index (χ3n) is 5.73. The highest BCUT2D eigenvalue weighted by Gasteiger charge is 2.27. The van der Waals surface area contributed by atoms with E-state index in [0.717, 1.165) is 37.2 Å². The first kappa shape index (κ1) is 23.9. The average Bonchev–Trinajstić information content (AvgIpc) is 2.78. The summed E-state index contributed by atoms with van der Waals surface area (Å²) >= 11 is 0. The van der Waals surface area contributed by atoms with Gasteiger partial charge in [0.2, 0.25) is 0 Å². The highest BCUT2D eigenvalue weighted by Crippen LogP contribution is 2.22. The SMILES string of the molecule is COc1ccc(CN(C(=O)NCc2ccc(OC(C)C)cc2)C2CCN(C)CC2)c(F)c1. The summed E-state index contributed by atoms with van der Waals surface area (Å²) in [5.41, 5.74) is 1.46. The highest BCUT2D eigenvalue weighted by atomic mass is 19.1. The quantitative estimate of drug-likeness (QED) is 0.656. The number of methoxy groups -OCH3 is 1. The van der Waals surface area contributed by atoms with E-state index in [9.17, 15) is 9.18 Å². The zero-order valence-electron chi connectivity index (χ0n) is 19.4. The fourth-order valence-electron chi connectivity index (χ4n) is 3.88. The highest BCUT2D eigenvalue weighted by molar-refractivity contribution is 5.74. The van der Waals surface area contributed by atoms with Crippen LogP contribution in [-0.4, -0.2) is 55.2 Å². The van der Waals surface area contributed by atoms with Crippen LogP contribution in [0.25, 0.3) is 0 Å². The van der Waals surface area contributed by atoms with Gasteiger partial charge in [0.1, 0.15) is 17.3 Å². The number of nitrogens with zero attached hydrogens (tertiary/aromatic N) is 2. The Hall–Kier alpha value is -2.80. The molecule has 2 amide bonds. The molecular formula is C25H34FN3O3. The second kappa shape index (κ2) is 11.2. The fourth-order valence-corrected chi connectivity index (χ4v) is 3.88. The molecule has 2 aromatic rings. The van der Waals surface area contributed by atoms with E-state index in [0.29, 0.717) is 17.9 Å². The van der Waals surface area contributed by atoms with Gasteiger partial charge in [0.25, 0.3) is 0 Å². The summed E-state index contributed by atoms with van der Waals surface area (Å²) in [5, 5.41) is 3.02. The molecule has 1 heterocycles. The Labute approximate surface area is 190 Å². The van der Waals surface area contributed by atoms with Crippen LogP contribution < -0.4 is 14.8 Å². The van der Waals surface area contributed by atoms with E-state index >= 15 is 0 Å². The summed E-state index contributed by atoms with van der Waals surface area (Å²) in [6, 6.07) is 12.4. The van der Waals surface area contributed by atoms with Gasteiger partial charge in [-0.3, -0.25) is 0 Å². The summed E-state index contributed by atoms with van der Waals surface area (Å²) in [6.45, 7) is 6.41. The van der Waals surface area contributed by atoms with Crippen LogP contribution in [0.15, 0.2) is 42.5 Å². The number of carbonyl (C=O) groups excluding carboxylic acids is 1. The van der Waals surface area contributed by atoms with Gasteiger partial charge in [0.15, 0.2) is 0 Å². The van der Waals surface area contributed by atoms with E-state index in [1.807, 2.05) is 38.1 Å². The van der Waals surface area contributed by atoms with Crippen molar-refractivity contribution in [2.75, 3.05) is 27.2 Å². The molecule has 0 spiro atoms. The maximum absolute atomic E-state index is 14.6. The van der Waals surface area contributed by atoms with Gasteiger partial charge in [-0.2, -0.15) is 0 Å². The molecule has 3 rings (SSSR count). The minimum absolute atomic E-state index is 0.0644. The van der Waals surface area contributed by atoms with E-state index in [1.54, 1.807) is 17.0 Å². The Bertz CT molecular complexity index is 881. The number of likely N-dealkylation sites (tertiary alicyclic amines) is 1. The van der Waals surface area contributed by atoms with Crippen LogP contribution in [0.3, 0.4) is 0 Å². The minimum atomic E-state index is -0.365. The summed E-state index contributed by atoms with van der Waals surface area (Å²) < 4.78 is 25.4. The molecule has 1 saturated heterocycles. The van der Waals surface area contributed by atoms with Crippen LogP contribution >= 0.6 is 0 Å². The first-order valence-electron chi connectivity index (χ1n) is 11.2. The lowest BCUT2D eigenvalue weighted by Crippen LogP contribution is -2.49. The molecular weight excluding hydrogens is 409 g/mol. The van der Waals surface area contributed by atoms with Gasteiger partial charge in [-0.1, -0.05) is 18.2 Å². The van der Waals surface area contributed by atoms with Gasteiger partial charge in [-0.05, 0) is 70.6 Å². The molecule has 0 atom stereocenters. The number of halogens is 1. The molecule has 1 fully saturated rings. The molecule has 1 aliphatic heterocycles. The lowest BCUT2D eigenvalue weighted by molar-refractivity contribution is 0.126. The zero-order chi connectivity index (χ0) is 23.1. The Morgan fingerprint density at radius 3 is 2.41 bits per heavy atom. The smallest absolute Gasteiger partial charge is 0.318 e. The maximum Gasteiger partial charge on any atom is 0.318 e. The van der Waals surface area contributed by atoms with E-state index in [-0.39, 0.29) is 30.5 Å². The third-order valence-corrected chi connectivity index (χ3v) is 5.73. The van der Waals surface area contributed by atoms with Crippen LogP contribution in [0.2, 0.25) is 0 Å². The van der Waals surface area contributed by atoms with Crippen LogP contribution in [0.4, 0.5) is 9.18 Å².